The Bertz CT molecular complexity index is 1410. The summed E-state index contributed by atoms with van der Waals surface area (Å²) in [4.78, 5) is 32.5. The van der Waals surface area contributed by atoms with Gasteiger partial charge in [-0.2, -0.15) is 0 Å². The molecule has 1 aliphatic heterocycles. The van der Waals surface area contributed by atoms with Crippen molar-refractivity contribution in [1.82, 2.24) is 4.98 Å². The van der Waals surface area contributed by atoms with E-state index in [2.05, 4.69) is 4.98 Å². The normalized spacial score (nSPS) is 17.6. The number of methoxy groups -OCH3 is 1. The molecular formula is C26H20N2O4S. The van der Waals surface area contributed by atoms with Crippen LogP contribution in [-0.2, 0) is 9.59 Å². The number of hydrogen-bond donors (Lipinski definition) is 1. The Balaban J connectivity index is 1.70. The molecule has 0 radical (unpaired) electrons. The van der Waals surface area contributed by atoms with Gasteiger partial charge in [0, 0.05) is 5.56 Å². The zero-order valence-electron chi connectivity index (χ0n) is 18.0. The van der Waals surface area contributed by atoms with Gasteiger partial charge >= 0.3 is 5.91 Å². The highest BCUT2D eigenvalue weighted by atomic mass is 32.1. The minimum absolute atomic E-state index is 0.0341. The third-order valence-corrected chi connectivity index (χ3v) is 6.68. The average Bonchev–Trinajstić information content (AvgIpc) is 3.37. The topological polar surface area (TPSA) is 79.7 Å². The fourth-order valence-electron chi connectivity index (χ4n) is 4.01. The molecule has 0 spiro atoms. The number of benzene rings is 3. The summed E-state index contributed by atoms with van der Waals surface area (Å²) in [6.45, 7) is 1.99. The van der Waals surface area contributed by atoms with Crippen LogP contribution in [0.2, 0.25) is 0 Å². The Hall–Kier alpha value is -3.97. The van der Waals surface area contributed by atoms with Gasteiger partial charge in [-0.1, -0.05) is 47.7 Å². The number of ketones is 1. The number of hydrogen-bond acceptors (Lipinski definition) is 6. The molecule has 0 aliphatic carbocycles. The second kappa shape index (κ2) is 8.18. The van der Waals surface area contributed by atoms with E-state index < -0.39 is 17.7 Å². The van der Waals surface area contributed by atoms with Crippen molar-refractivity contribution in [3.63, 3.8) is 0 Å². The summed E-state index contributed by atoms with van der Waals surface area (Å²) in [5.74, 6) is -1.07. The van der Waals surface area contributed by atoms with Crippen molar-refractivity contribution in [2.75, 3.05) is 12.0 Å². The van der Waals surface area contributed by atoms with Gasteiger partial charge in [-0.15, -0.1) is 0 Å². The van der Waals surface area contributed by atoms with E-state index in [1.54, 1.807) is 31.4 Å². The summed E-state index contributed by atoms with van der Waals surface area (Å²) >= 11 is 1.35. The first-order chi connectivity index (χ1) is 16.0. The number of anilines is 1. The first kappa shape index (κ1) is 20.9. The minimum atomic E-state index is -0.796. The summed E-state index contributed by atoms with van der Waals surface area (Å²) in [6.07, 6.45) is 0. The molecule has 2 heterocycles. The van der Waals surface area contributed by atoms with E-state index in [1.807, 2.05) is 55.5 Å². The number of aliphatic hydroxyl groups is 1. The molecule has 33 heavy (non-hydrogen) atoms. The Morgan fingerprint density at radius 3 is 2.45 bits per heavy atom. The molecule has 164 valence electrons. The fraction of sp³-hybridized carbons (Fsp3) is 0.115. The van der Waals surface area contributed by atoms with E-state index in [0.717, 1.165) is 15.8 Å². The van der Waals surface area contributed by atoms with Gasteiger partial charge in [-0.05, 0) is 54.4 Å². The number of Topliss-reactive ketones (excluding diaryl/α,β-unsaturated/α-hetero) is 1. The van der Waals surface area contributed by atoms with Crippen molar-refractivity contribution in [1.29, 1.82) is 0 Å². The summed E-state index contributed by atoms with van der Waals surface area (Å²) in [7, 11) is 1.55. The van der Waals surface area contributed by atoms with Crippen LogP contribution >= 0.6 is 11.3 Å². The van der Waals surface area contributed by atoms with E-state index in [1.165, 1.54) is 16.2 Å². The van der Waals surface area contributed by atoms with Crippen molar-refractivity contribution >= 4 is 44.1 Å². The van der Waals surface area contributed by atoms with Gasteiger partial charge in [0.25, 0.3) is 5.78 Å². The lowest BCUT2D eigenvalue weighted by Crippen LogP contribution is -2.29. The monoisotopic (exact) mass is 456 g/mol. The molecule has 0 bridgehead atoms. The van der Waals surface area contributed by atoms with Crippen molar-refractivity contribution < 1.29 is 19.4 Å². The fourth-order valence-corrected chi connectivity index (χ4v) is 5.10. The zero-order valence-corrected chi connectivity index (χ0v) is 18.8. The summed E-state index contributed by atoms with van der Waals surface area (Å²) in [6, 6.07) is 21.0. The zero-order chi connectivity index (χ0) is 23.1. The third-order valence-electron chi connectivity index (χ3n) is 5.66. The van der Waals surface area contributed by atoms with Crippen LogP contribution in [0.1, 0.15) is 22.7 Å². The Kier molecular flexibility index (Phi) is 5.18. The van der Waals surface area contributed by atoms with Crippen molar-refractivity contribution in [3.8, 4) is 5.75 Å². The van der Waals surface area contributed by atoms with Crippen molar-refractivity contribution in [2.45, 2.75) is 13.0 Å². The minimum Gasteiger partial charge on any atom is -0.507 e. The molecule has 0 saturated carbocycles. The van der Waals surface area contributed by atoms with Gasteiger partial charge in [0.15, 0.2) is 5.13 Å². The Labute approximate surface area is 194 Å². The van der Waals surface area contributed by atoms with Gasteiger partial charge < -0.3 is 9.84 Å². The number of ether oxygens (including phenoxy) is 1. The van der Waals surface area contributed by atoms with E-state index in [0.29, 0.717) is 22.0 Å². The van der Waals surface area contributed by atoms with Crippen LogP contribution in [0.5, 0.6) is 5.75 Å². The number of nitrogens with zero attached hydrogens (tertiary/aromatic N) is 2. The molecule has 1 amide bonds. The van der Waals surface area contributed by atoms with Crippen LogP contribution in [0, 0.1) is 6.92 Å². The maximum absolute atomic E-state index is 13.3. The van der Waals surface area contributed by atoms with E-state index in [-0.39, 0.29) is 11.3 Å². The van der Waals surface area contributed by atoms with Gasteiger partial charge in [0.05, 0.1) is 28.9 Å². The predicted octanol–water partition coefficient (Wildman–Crippen LogP) is 5.24. The second-order valence-corrected chi connectivity index (χ2v) is 8.79. The first-order valence-corrected chi connectivity index (χ1v) is 11.2. The van der Waals surface area contributed by atoms with E-state index in [9.17, 15) is 14.7 Å². The average molecular weight is 457 g/mol. The largest absolute Gasteiger partial charge is 0.507 e. The maximum Gasteiger partial charge on any atom is 0.301 e. The number of thiazole rings is 1. The molecule has 7 heteroatoms. The van der Waals surface area contributed by atoms with Gasteiger partial charge in [-0.3, -0.25) is 14.5 Å². The number of aliphatic hydroxyl groups excluding tert-OH is 1. The Morgan fingerprint density at radius 2 is 1.76 bits per heavy atom. The molecule has 1 aromatic heterocycles. The molecule has 4 aromatic rings. The highest BCUT2D eigenvalue weighted by Crippen LogP contribution is 2.44. The SMILES string of the molecule is COc1ccc(C(O)=C2C(=O)C(=O)N(c3nc4ccc(C)cc4s3)[C@H]2c2ccccc2)cc1. The smallest absolute Gasteiger partial charge is 0.301 e. The van der Waals surface area contributed by atoms with E-state index in [4.69, 9.17) is 4.74 Å². The molecular weight excluding hydrogens is 436 g/mol. The second-order valence-electron chi connectivity index (χ2n) is 7.78. The number of fused-ring (bicyclic) bond motifs is 1. The molecule has 6 nitrogen and oxygen atoms in total. The lowest BCUT2D eigenvalue weighted by Gasteiger charge is -2.22. The quantitative estimate of drug-likeness (QED) is 0.258. The maximum atomic E-state index is 13.3. The number of carbonyl (C=O) groups excluding carboxylic acids is 2. The lowest BCUT2D eigenvalue weighted by molar-refractivity contribution is -0.132. The number of rotatable bonds is 4. The molecule has 1 N–H and O–H groups in total. The van der Waals surface area contributed by atoms with Crippen LogP contribution in [0.4, 0.5) is 5.13 Å². The van der Waals surface area contributed by atoms with E-state index >= 15 is 0 Å². The van der Waals surface area contributed by atoms with Crippen molar-refractivity contribution in [2.24, 2.45) is 0 Å². The first-order valence-electron chi connectivity index (χ1n) is 10.4. The molecule has 1 aliphatic rings. The summed E-state index contributed by atoms with van der Waals surface area (Å²) in [5, 5.41) is 11.6. The molecule has 0 unspecified atom stereocenters. The van der Waals surface area contributed by atoms with Crippen LogP contribution in [-0.4, -0.2) is 28.9 Å². The Morgan fingerprint density at radius 1 is 1.03 bits per heavy atom. The standard InChI is InChI=1S/C26H20N2O4S/c1-15-8-13-19-20(14-15)33-26(27-19)28-22(16-6-4-3-5-7-16)21(24(30)25(28)31)23(29)17-9-11-18(32-2)12-10-17/h3-14,22,29H,1-2H3/t22-/m0/s1. The van der Waals surface area contributed by atoms with Gasteiger partial charge in [0.2, 0.25) is 0 Å². The van der Waals surface area contributed by atoms with Crippen LogP contribution in [0.15, 0.2) is 78.4 Å². The summed E-state index contributed by atoms with van der Waals surface area (Å²) in [5.41, 5.74) is 3.01. The number of aryl methyl sites for hydroxylation is 1. The highest BCUT2D eigenvalue weighted by molar-refractivity contribution is 7.22. The predicted molar refractivity (Wildman–Crippen MR) is 129 cm³/mol. The number of aromatic nitrogens is 1. The molecule has 1 atom stereocenters. The molecule has 1 saturated heterocycles. The molecule has 1 fully saturated rings. The third kappa shape index (κ3) is 3.56. The van der Waals surface area contributed by atoms with Crippen molar-refractivity contribution in [3.05, 3.63) is 95.1 Å². The number of amides is 1. The van der Waals surface area contributed by atoms with Crippen LogP contribution in [0.3, 0.4) is 0 Å². The van der Waals surface area contributed by atoms with Crippen LogP contribution in [0.25, 0.3) is 16.0 Å². The summed E-state index contributed by atoms with van der Waals surface area (Å²) < 4.78 is 6.11. The van der Waals surface area contributed by atoms with Gasteiger partial charge in [0.1, 0.15) is 11.5 Å². The van der Waals surface area contributed by atoms with Gasteiger partial charge in [-0.25, -0.2) is 4.98 Å². The molecule has 3 aromatic carbocycles. The molecule has 5 rings (SSSR count). The lowest BCUT2D eigenvalue weighted by atomic mass is 9.95. The van der Waals surface area contributed by atoms with Crippen LogP contribution < -0.4 is 9.64 Å². The number of carbonyl (C=O) groups is 2. The highest BCUT2D eigenvalue weighted by Gasteiger charge is 2.48.